The summed E-state index contributed by atoms with van der Waals surface area (Å²) < 4.78 is 37.9. The summed E-state index contributed by atoms with van der Waals surface area (Å²) >= 11 is 0. The van der Waals surface area contributed by atoms with Gasteiger partial charge in [-0.05, 0) is 88.4 Å². The Balaban J connectivity index is 0.000000195. The van der Waals surface area contributed by atoms with Crippen LogP contribution < -0.4 is 4.74 Å². The first-order valence-electron chi connectivity index (χ1n) is 17.4. The SMILES string of the molecule is COc1ccc(N=Nc2ccc(O)c(N=Nc3c(O)ccc4ccccc34)c2)cc1.O=S(=O)(O)c1cc(O)c([C-]=Nc2c(O)ccc3ccccc23)c2ccccc12.[Cr]. The van der Waals surface area contributed by atoms with Gasteiger partial charge in [-0.3, -0.25) is 4.55 Å². The minimum absolute atomic E-state index is 0. The van der Waals surface area contributed by atoms with Crippen molar-refractivity contribution in [2.45, 2.75) is 4.90 Å². The van der Waals surface area contributed by atoms with Crippen LogP contribution in [0.25, 0.3) is 32.3 Å². The van der Waals surface area contributed by atoms with Crippen molar-refractivity contribution in [1.82, 2.24) is 0 Å². The second kappa shape index (κ2) is 18.0. The second-order valence-corrected chi connectivity index (χ2v) is 14.0. The fourth-order valence-corrected chi connectivity index (χ4v) is 6.72. The van der Waals surface area contributed by atoms with E-state index in [0.29, 0.717) is 27.8 Å². The molecule has 0 fully saturated rings. The van der Waals surface area contributed by atoms with Crippen molar-refractivity contribution in [2.24, 2.45) is 25.4 Å². The van der Waals surface area contributed by atoms with E-state index in [4.69, 9.17) is 4.74 Å². The van der Waals surface area contributed by atoms with Crippen LogP contribution in [-0.4, -0.2) is 46.7 Å². The summed E-state index contributed by atoms with van der Waals surface area (Å²) in [5.74, 6) is 0.228. The minimum atomic E-state index is -4.53. The molecule has 15 heteroatoms. The van der Waals surface area contributed by atoms with Crippen LogP contribution in [0.15, 0.2) is 176 Å². The molecule has 0 saturated heterocycles. The summed E-state index contributed by atoms with van der Waals surface area (Å²) in [7, 11) is -2.93. The molecule has 0 saturated carbocycles. The van der Waals surface area contributed by atoms with Gasteiger partial charge in [0.1, 0.15) is 34.4 Å². The van der Waals surface area contributed by atoms with E-state index in [1.807, 2.05) is 42.5 Å². The van der Waals surface area contributed by atoms with Crippen LogP contribution in [0.2, 0.25) is 0 Å². The number of nitrogens with zero attached hydrogens (tertiary/aromatic N) is 5. The van der Waals surface area contributed by atoms with Crippen LogP contribution in [0, 0.1) is 0 Å². The number of azo groups is 2. The average Bonchev–Trinajstić information content (AvgIpc) is 3.23. The molecule has 0 heterocycles. The predicted octanol–water partition coefficient (Wildman–Crippen LogP) is 11.4. The number of aliphatic imine (C=N–C) groups is 1. The monoisotopic (exact) mass is 842 g/mol. The molecule has 0 amide bonds. The maximum absolute atomic E-state index is 11.6. The minimum Gasteiger partial charge on any atom is -0.551 e. The van der Waals surface area contributed by atoms with Crippen LogP contribution in [0.1, 0.15) is 5.56 Å². The molecule has 0 bridgehead atoms. The van der Waals surface area contributed by atoms with Gasteiger partial charge < -0.3 is 30.2 Å². The molecule has 13 nitrogen and oxygen atoms in total. The van der Waals surface area contributed by atoms with Crippen molar-refractivity contribution in [3.05, 3.63) is 151 Å². The third-order valence-corrected chi connectivity index (χ3v) is 9.77. The molecule has 0 aliphatic heterocycles. The smallest absolute Gasteiger partial charge is 0.293 e. The van der Waals surface area contributed by atoms with E-state index in [0.717, 1.165) is 28.0 Å². The van der Waals surface area contributed by atoms with Crippen LogP contribution in [-0.2, 0) is 27.5 Å². The summed E-state index contributed by atoms with van der Waals surface area (Å²) in [5.41, 5.74) is 2.13. The number of ether oxygens (including phenoxy) is 1. The van der Waals surface area contributed by atoms with Gasteiger partial charge in [-0.15, -0.1) is 10.2 Å². The molecular formula is C44H32CrN5O8S-. The molecule has 5 N–H and O–H groups in total. The van der Waals surface area contributed by atoms with Crippen LogP contribution in [0.5, 0.6) is 28.7 Å². The number of phenolic OH excluding ortho intramolecular Hbond substituents is 4. The van der Waals surface area contributed by atoms with E-state index in [2.05, 4.69) is 31.7 Å². The number of methoxy groups -OCH3 is 1. The Hall–Kier alpha value is -7.15. The molecule has 0 spiro atoms. The molecule has 0 atom stereocenters. The van der Waals surface area contributed by atoms with Gasteiger partial charge >= 0.3 is 0 Å². The number of hydrogen-bond acceptors (Lipinski definition) is 12. The van der Waals surface area contributed by atoms with Gasteiger partial charge in [0.05, 0.1) is 23.4 Å². The van der Waals surface area contributed by atoms with Crippen LogP contribution in [0.3, 0.4) is 0 Å². The molecular weight excluding hydrogens is 811 g/mol. The molecule has 0 aliphatic carbocycles. The maximum atomic E-state index is 11.6. The second-order valence-electron chi connectivity index (χ2n) is 12.6. The third-order valence-electron chi connectivity index (χ3n) is 8.87. The first kappa shape index (κ1) is 41.5. The van der Waals surface area contributed by atoms with Crippen molar-refractivity contribution in [2.75, 3.05) is 7.11 Å². The molecule has 0 aliphatic rings. The van der Waals surface area contributed by atoms with Gasteiger partial charge in [0.15, 0.2) is 0 Å². The van der Waals surface area contributed by atoms with Crippen LogP contribution >= 0.6 is 0 Å². The number of hydrogen-bond donors (Lipinski definition) is 5. The molecule has 0 aromatic heterocycles. The van der Waals surface area contributed by atoms with Gasteiger partial charge in [0.2, 0.25) is 0 Å². The predicted molar refractivity (Wildman–Crippen MR) is 222 cm³/mol. The van der Waals surface area contributed by atoms with Gasteiger partial charge in [0, 0.05) is 34.2 Å². The van der Waals surface area contributed by atoms with Crippen molar-refractivity contribution in [3.63, 3.8) is 0 Å². The van der Waals surface area contributed by atoms with Gasteiger partial charge in [-0.2, -0.15) is 18.6 Å². The molecule has 0 radical (unpaired) electrons. The Bertz CT molecular complexity index is 3030. The number of phenols is 4. The van der Waals surface area contributed by atoms with E-state index < -0.39 is 20.8 Å². The standard InChI is InChI=1S/C23H18N4O3.C21H14NO5S.Cr/c1-30-18-10-7-16(8-11-18)24-25-17-9-13-21(28)20(14-17)26-27-23-19-5-3-2-4-15(19)6-12-22(23)29;23-18-10-9-13-5-1-2-6-14(13)21(18)22-12-17-15-7-3-4-8-16(15)20(11-19(17)24)28(25,26)27;/h2-14,28-29H,1H3;1-11,23-24H,(H,25,26,27);/q;-1;. The number of fused-ring (bicyclic) bond motifs is 3. The Labute approximate surface area is 348 Å². The van der Waals surface area contributed by atoms with Crippen LogP contribution in [0.4, 0.5) is 28.4 Å². The zero-order valence-electron chi connectivity index (χ0n) is 30.9. The first-order valence-corrected chi connectivity index (χ1v) is 18.8. The molecule has 0 unspecified atom stereocenters. The number of rotatable bonds is 8. The zero-order valence-corrected chi connectivity index (χ0v) is 33.0. The van der Waals surface area contributed by atoms with E-state index in [-0.39, 0.29) is 56.9 Å². The molecule has 59 heavy (non-hydrogen) atoms. The fourth-order valence-electron chi connectivity index (χ4n) is 6.00. The van der Waals surface area contributed by atoms with E-state index in [1.54, 1.807) is 86.0 Å². The van der Waals surface area contributed by atoms with Crippen molar-refractivity contribution >= 4 is 77.1 Å². The average molecular weight is 843 g/mol. The Morgan fingerprint density at radius 3 is 1.68 bits per heavy atom. The Kier molecular flexibility index (Phi) is 12.6. The number of aromatic hydroxyl groups is 4. The summed E-state index contributed by atoms with van der Waals surface area (Å²) in [6.07, 6.45) is 2.72. The molecule has 294 valence electrons. The van der Waals surface area contributed by atoms with Crippen molar-refractivity contribution in [3.8, 4) is 28.7 Å². The quantitative estimate of drug-likeness (QED) is 0.0429. The topological polar surface area (TPSA) is 206 Å². The summed E-state index contributed by atoms with van der Waals surface area (Å²) in [6.45, 7) is 0. The summed E-state index contributed by atoms with van der Waals surface area (Å²) in [4.78, 5) is 3.83. The Morgan fingerprint density at radius 2 is 1.05 bits per heavy atom. The number of benzene rings is 8. The van der Waals surface area contributed by atoms with E-state index in [1.165, 1.54) is 18.2 Å². The molecule has 8 aromatic rings. The van der Waals surface area contributed by atoms with Gasteiger partial charge in [0.25, 0.3) is 10.1 Å². The van der Waals surface area contributed by atoms with Crippen molar-refractivity contribution < 1.29 is 55.5 Å². The van der Waals surface area contributed by atoms with Crippen molar-refractivity contribution in [1.29, 1.82) is 0 Å². The first-order chi connectivity index (χ1) is 28.0. The Morgan fingerprint density at radius 1 is 0.525 bits per heavy atom. The van der Waals surface area contributed by atoms with Gasteiger partial charge in [-0.1, -0.05) is 95.9 Å². The maximum Gasteiger partial charge on any atom is 0.293 e. The third kappa shape index (κ3) is 9.36. The molecule has 8 aromatic carbocycles. The summed E-state index contributed by atoms with van der Waals surface area (Å²) in [5, 5.41) is 61.4. The summed E-state index contributed by atoms with van der Waals surface area (Å²) in [6, 6.07) is 40.7. The zero-order chi connectivity index (χ0) is 40.8. The largest absolute Gasteiger partial charge is 0.551 e. The molecule has 8 rings (SSSR count). The normalized spacial score (nSPS) is 11.6. The van der Waals surface area contributed by atoms with Gasteiger partial charge in [-0.25, -0.2) is 0 Å². The fraction of sp³-hybridized carbons (Fsp3) is 0.0227. The van der Waals surface area contributed by atoms with E-state index in [9.17, 15) is 33.4 Å². The van der Waals surface area contributed by atoms with E-state index >= 15 is 0 Å².